The number of nitrogens with one attached hydrogen (secondary N) is 1. The van der Waals surface area contributed by atoms with Crippen LogP contribution in [0.1, 0.15) is 25.2 Å². The number of nitrogens with zero attached hydrogens (tertiary/aromatic N) is 6. The summed E-state index contributed by atoms with van der Waals surface area (Å²) in [6.07, 6.45) is 0. The van der Waals surface area contributed by atoms with E-state index in [4.69, 9.17) is 5.73 Å². The molecule has 4 rings (SSSR count). The molecule has 0 bridgehead atoms. The van der Waals surface area contributed by atoms with Gasteiger partial charge in [0.1, 0.15) is 11.6 Å². The minimum absolute atomic E-state index is 0.132. The summed E-state index contributed by atoms with van der Waals surface area (Å²) in [5.74, 6) is 1.92. The Bertz CT molecular complexity index is 1260. The van der Waals surface area contributed by atoms with Crippen LogP contribution in [0.2, 0.25) is 0 Å². The third kappa shape index (κ3) is 5.46. The number of halogens is 1. The molecule has 3 N–H and O–H groups in total. The van der Waals surface area contributed by atoms with Crippen molar-refractivity contribution in [3.8, 4) is 11.4 Å². The highest BCUT2D eigenvalue weighted by atomic mass is 32.2. The Morgan fingerprint density at radius 3 is 2.55 bits per heavy atom. The number of para-hydroxylation sites is 1. The first kappa shape index (κ1) is 22.7. The van der Waals surface area contributed by atoms with Gasteiger partial charge < -0.3 is 15.6 Å². The van der Waals surface area contributed by atoms with Crippen LogP contribution < -0.4 is 11.1 Å². The van der Waals surface area contributed by atoms with Crippen LogP contribution in [0.15, 0.2) is 53.7 Å². The predicted molar refractivity (Wildman–Crippen MR) is 129 cm³/mol. The van der Waals surface area contributed by atoms with Gasteiger partial charge in [-0.05, 0) is 36.6 Å². The Morgan fingerprint density at radius 1 is 1.03 bits per heavy atom. The van der Waals surface area contributed by atoms with Crippen molar-refractivity contribution in [1.82, 2.24) is 29.7 Å². The smallest absolute Gasteiger partial charge is 0.232 e. The Kier molecular flexibility index (Phi) is 6.83. The zero-order valence-electron chi connectivity index (χ0n) is 18.7. The van der Waals surface area contributed by atoms with Crippen LogP contribution in [-0.4, -0.2) is 29.7 Å². The van der Waals surface area contributed by atoms with Crippen molar-refractivity contribution < 1.29 is 4.39 Å². The molecule has 0 saturated heterocycles. The summed E-state index contributed by atoms with van der Waals surface area (Å²) < 4.78 is 16.3. The molecule has 10 heteroatoms. The number of thioether (sulfide) groups is 1. The van der Waals surface area contributed by atoms with Crippen LogP contribution in [-0.2, 0) is 12.3 Å². The van der Waals surface area contributed by atoms with E-state index in [0.717, 1.165) is 11.3 Å². The predicted octanol–water partition coefficient (Wildman–Crippen LogP) is 4.85. The number of aromatic nitrogens is 6. The first-order valence-corrected chi connectivity index (χ1v) is 11.5. The summed E-state index contributed by atoms with van der Waals surface area (Å²) in [5.41, 5.74) is 8.31. The summed E-state index contributed by atoms with van der Waals surface area (Å²) >= 11 is 1.42. The van der Waals surface area contributed by atoms with E-state index in [9.17, 15) is 4.39 Å². The van der Waals surface area contributed by atoms with Crippen molar-refractivity contribution in [2.24, 2.45) is 5.92 Å². The fourth-order valence-electron chi connectivity index (χ4n) is 3.29. The Morgan fingerprint density at radius 2 is 1.79 bits per heavy atom. The van der Waals surface area contributed by atoms with Gasteiger partial charge in [0.2, 0.25) is 11.9 Å². The summed E-state index contributed by atoms with van der Waals surface area (Å²) in [4.78, 5) is 13.0. The third-order valence-corrected chi connectivity index (χ3v) is 5.76. The second-order valence-corrected chi connectivity index (χ2v) is 8.90. The van der Waals surface area contributed by atoms with E-state index in [2.05, 4.69) is 44.3 Å². The van der Waals surface area contributed by atoms with E-state index in [0.29, 0.717) is 46.5 Å². The fourth-order valence-corrected chi connectivity index (χ4v) is 4.09. The summed E-state index contributed by atoms with van der Waals surface area (Å²) in [5, 5.41) is 12.4. The SMILES string of the molecule is Cc1ccccc1Nc1nc(N)nc(CSc2nnc(-c3ccccc3F)n2CC(C)C)n1. The van der Waals surface area contributed by atoms with Crippen molar-refractivity contribution in [2.75, 3.05) is 11.1 Å². The molecular formula is C23H25FN8S. The molecule has 0 spiro atoms. The maximum absolute atomic E-state index is 14.4. The monoisotopic (exact) mass is 464 g/mol. The van der Waals surface area contributed by atoms with E-state index >= 15 is 0 Å². The van der Waals surface area contributed by atoms with Crippen molar-refractivity contribution in [2.45, 2.75) is 38.2 Å². The zero-order chi connectivity index (χ0) is 23.4. The lowest BCUT2D eigenvalue weighted by molar-refractivity contribution is 0.496. The molecule has 33 heavy (non-hydrogen) atoms. The van der Waals surface area contributed by atoms with Crippen molar-refractivity contribution in [3.05, 3.63) is 65.7 Å². The maximum atomic E-state index is 14.4. The Labute approximate surface area is 195 Å². The molecule has 0 fully saturated rings. The van der Waals surface area contributed by atoms with Crippen LogP contribution in [0, 0.1) is 18.7 Å². The molecule has 2 aromatic carbocycles. The molecule has 0 unspecified atom stereocenters. The second kappa shape index (κ2) is 9.95. The van der Waals surface area contributed by atoms with Gasteiger partial charge in [0, 0.05) is 12.2 Å². The van der Waals surface area contributed by atoms with Gasteiger partial charge in [-0.3, -0.25) is 0 Å². The zero-order valence-corrected chi connectivity index (χ0v) is 19.5. The molecule has 8 nitrogen and oxygen atoms in total. The van der Waals surface area contributed by atoms with Gasteiger partial charge in [-0.2, -0.15) is 15.0 Å². The molecule has 0 aliphatic heterocycles. The van der Waals surface area contributed by atoms with Crippen LogP contribution in [0.25, 0.3) is 11.4 Å². The minimum atomic E-state index is -0.330. The summed E-state index contributed by atoms with van der Waals surface area (Å²) in [7, 11) is 0. The van der Waals surface area contributed by atoms with E-state index in [1.807, 2.05) is 35.8 Å². The fraction of sp³-hybridized carbons (Fsp3) is 0.261. The number of rotatable bonds is 8. The lowest BCUT2D eigenvalue weighted by atomic mass is 10.2. The number of aryl methyl sites for hydroxylation is 1. The average molecular weight is 465 g/mol. The normalized spacial score (nSPS) is 11.2. The molecule has 0 saturated carbocycles. The second-order valence-electron chi connectivity index (χ2n) is 7.95. The van der Waals surface area contributed by atoms with Crippen molar-refractivity contribution in [1.29, 1.82) is 0 Å². The van der Waals surface area contributed by atoms with Crippen LogP contribution in [0.3, 0.4) is 0 Å². The highest BCUT2D eigenvalue weighted by Crippen LogP contribution is 2.28. The highest BCUT2D eigenvalue weighted by molar-refractivity contribution is 7.98. The minimum Gasteiger partial charge on any atom is -0.368 e. The van der Waals surface area contributed by atoms with Crippen molar-refractivity contribution in [3.63, 3.8) is 0 Å². The van der Waals surface area contributed by atoms with Gasteiger partial charge >= 0.3 is 0 Å². The number of hydrogen-bond acceptors (Lipinski definition) is 8. The largest absolute Gasteiger partial charge is 0.368 e. The average Bonchev–Trinajstić information content (AvgIpc) is 3.15. The summed E-state index contributed by atoms with van der Waals surface area (Å²) in [6.45, 7) is 6.84. The summed E-state index contributed by atoms with van der Waals surface area (Å²) in [6, 6.07) is 14.4. The number of nitrogen functional groups attached to an aromatic ring is 1. The standard InChI is InChI=1S/C23H25FN8S/c1-14(2)12-32-20(16-9-5-6-10-17(16)24)30-31-23(32)33-13-19-27-21(25)29-22(28-19)26-18-11-7-4-8-15(18)3/h4-11,14H,12-13H2,1-3H3,(H3,25,26,27,28,29). The first-order chi connectivity index (χ1) is 15.9. The first-order valence-electron chi connectivity index (χ1n) is 10.5. The van der Waals surface area contributed by atoms with Crippen LogP contribution >= 0.6 is 11.8 Å². The van der Waals surface area contributed by atoms with Crippen LogP contribution in [0.4, 0.5) is 22.0 Å². The Hall–Kier alpha value is -3.53. The molecule has 0 atom stereocenters. The molecule has 0 amide bonds. The highest BCUT2D eigenvalue weighted by Gasteiger charge is 2.18. The number of benzene rings is 2. The Balaban J connectivity index is 1.57. The van der Waals surface area contributed by atoms with Gasteiger partial charge in [-0.1, -0.05) is 55.9 Å². The number of nitrogens with two attached hydrogens (primary N) is 1. The van der Waals surface area contributed by atoms with Crippen molar-refractivity contribution >= 4 is 29.3 Å². The van der Waals surface area contributed by atoms with E-state index in [1.54, 1.807) is 18.2 Å². The lowest BCUT2D eigenvalue weighted by Crippen LogP contribution is -2.09. The molecular weight excluding hydrogens is 439 g/mol. The lowest BCUT2D eigenvalue weighted by Gasteiger charge is -2.13. The maximum Gasteiger partial charge on any atom is 0.232 e. The number of anilines is 3. The van der Waals surface area contributed by atoms with Gasteiger partial charge in [-0.25, -0.2) is 4.39 Å². The molecule has 2 heterocycles. The van der Waals surface area contributed by atoms with Gasteiger partial charge in [0.15, 0.2) is 11.0 Å². The van der Waals surface area contributed by atoms with Gasteiger partial charge in [0.05, 0.1) is 11.3 Å². The molecule has 170 valence electrons. The van der Waals surface area contributed by atoms with Crippen LogP contribution in [0.5, 0.6) is 0 Å². The number of hydrogen-bond donors (Lipinski definition) is 2. The quantitative estimate of drug-likeness (QED) is 0.356. The van der Waals surface area contributed by atoms with E-state index in [-0.39, 0.29) is 11.8 Å². The third-order valence-electron chi connectivity index (χ3n) is 4.80. The molecule has 0 aliphatic rings. The molecule has 0 aliphatic carbocycles. The topological polar surface area (TPSA) is 107 Å². The van der Waals surface area contributed by atoms with Gasteiger partial charge in [-0.15, -0.1) is 10.2 Å². The van der Waals surface area contributed by atoms with E-state index < -0.39 is 0 Å². The van der Waals surface area contributed by atoms with E-state index in [1.165, 1.54) is 17.8 Å². The molecule has 2 aromatic heterocycles. The van der Waals surface area contributed by atoms with Gasteiger partial charge in [0.25, 0.3) is 0 Å². The molecule has 0 radical (unpaired) electrons. The molecule has 4 aromatic rings.